The van der Waals surface area contributed by atoms with Crippen LogP contribution in [0.3, 0.4) is 0 Å². The number of benzene rings is 2. The molecule has 0 fully saturated rings. The first kappa shape index (κ1) is 31.3. The third kappa shape index (κ3) is 11.5. The molecule has 0 heterocycles. The lowest BCUT2D eigenvalue weighted by Crippen LogP contribution is -2.06. The van der Waals surface area contributed by atoms with Crippen LogP contribution in [0.1, 0.15) is 102 Å². The number of para-hydroxylation sites is 2. The van der Waals surface area contributed by atoms with Gasteiger partial charge in [-0.25, -0.2) is 0 Å². The Kier molecular flexibility index (Phi) is 13.6. The number of rotatable bonds is 19. The fraction of sp³-hybridized carbons (Fsp3) is 0.571. The zero-order chi connectivity index (χ0) is 27.2. The first-order valence-corrected chi connectivity index (χ1v) is 16.4. The van der Waals surface area contributed by atoms with Crippen molar-refractivity contribution in [3.63, 3.8) is 0 Å². The number of hydrogen-bond acceptors (Lipinski definition) is 5. The van der Waals surface area contributed by atoms with Gasteiger partial charge in [-0.2, -0.15) is 16.8 Å². The van der Waals surface area contributed by atoms with E-state index >= 15 is 0 Å². The normalized spacial score (nSPS) is 12.1. The Morgan fingerprint density at radius 3 is 1.57 bits per heavy atom. The van der Waals surface area contributed by atoms with Gasteiger partial charge in [-0.1, -0.05) is 115 Å². The molecule has 0 saturated heterocycles. The van der Waals surface area contributed by atoms with Gasteiger partial charge in [-0.15, -0.1) is 0 Å². The molecule has 2 aromatic carbocycles. The van der Waals surface area contributed by atoms with Crippen LogP contribution in [0.15, 0.2) is 52.3 Å². The van der Waals surface area contributed by atoms with Gasteiger partial charge in [-0.05, 0) is 36.6 Å². The molecule has 0 aliphatic rings. The van der Waals surface area contributed by atoms with Crippen LogP contribution in [0, 0.1) is 0 Å². The number of ether oxygens (including phenoxy) is 1. The van der Waals surface area contributed by atoms with Crippen molar-refractivity contribution in [1.82, 2.24) is 0 Å². The van der Waals surface area contributed by atoms with Crippen molar-refractivity contribution in [2.24, 2.45) is 0 Å². The third-order valence-electron chi connectivity index (χ3n) is 6.48. The van der Waals surface area contributed by atoms with Gasteiger partial charge in [0.25, 0.3) is 20.2 Å². The smallest absolute Gasteiger partial charge is 0.298 e. The van der Waals surface area contributed by atoms with Crippen LogP contribution in [-0.2, 0) is 26.7 Å². The maximum absolute atomic E-state index is 12.0. The van der Waals surface area contributed by atoms with Gasteiger partial charge in [0.1, 0.15) is 15.5 Å². The molecule has 0 radical (unpaired) electrons. The van der Waals surface area contributed by atoms with E-state index in [0.29, 0.717) is 12.0 Å². The highest BCUT2D eigenvalue weighted by molar-refractivity contribution is 7.86. The van der Waals surface area contributed by atoms with Crippen molar-refractivity contribution < 1.29 is 30.7 Å². The number of unbranched alkanes of at least 4 members (excludes halogenated alkanes) is 13. The molecule has 0 bridgehead atoms. The Morgan fingerprint density at radius 2 is 1.05 bits per heavy atom. The second-order valence-corrected chi connectivity index (χ2v) is 12.4. The standard InChI is InChI=1S/C28H42O7S2/c1-2-3-4-5-6-7-8-9-10-11-12-13-14-15-19-24-20-18-23-27(37(32,33)34)28(24)35-25-21-16-17-22-26(25)36(29,30)31/h16-18,20-23H,2-15,19H2,1H3,(H,29,30,31)(H,32,33,34). The lowest BCUT2D eigenvalue weighted by molar-refractivity contribution is 0.429. The van der Waals surface area contributed by atoms with Crippen LogP contribution < -0.4 is 4.74 Å². The predicted octanol–water partition coefficient (Wildman–Crippen LogP) is 8.00. The van der Waals surface area contributed by atoms with Crippen LogP contribution in [0.2, 0.25) is 0 Å². The summed E-state index contributed by atoms with van der Waals surface area (Å²) in [5.41, 5.74) is 0.541. The van der Waals surface area contributed by atoms with Gasteiger partial charge in [0.15, 0.2) is 5.75 Å². The van der Waals surface area contributed by atoms with Crippen molar-refractivity contribution in [2.45, 2.75) is 113 Å². The van der Waals surface area contributed by atoms with E-state index in [4.69, 9.17) is 4.74 Å². The minimum Gasteiger partial charge on any atom is -0.454 e. The Labute approximate surface area is 223 Å². The molecule has 37 heavy (non-hydrogen) atoms. The lowest BCUT2D eigenvalue weighted by Gasteiger charge is -2.16. The van der Waals surface area contributed by atoms with Crippen molar-refractivity contribution in [2.75, 3.05) is 0 Å². The highest BCUT2D eigenvalue weighted by Gasteiger charge is 2.23. The van der Waals surface area contributed by atoms with Gasteiger partial charge in [0, 0.05) is 0 Å². The maximum Gasteiger partial charge on any atom is 0.298 e. The van der Waals surface area contributed by atoms with Crippen LogP contribution >= 0.6 is 0 Å². The third-order valence-corrected chi connectivity index (χ3v) is 8.25. The fourth-order valence-electron chi connectivity index (χ4n) is 4.44. The molecule has 0 aliphatic heterocycles. The summed E-state index contributed by atoms with van der Waals surface area (Å²) < 4.78 is 72.4. The highest BCUT2D eigenvalue weighted by Crippen LogP contribution is 2.36. The predicted molar refractivity (Wildman–Crippen MR) is 147 cm³/mol. The molecule has 2 rings (SSSR count). The van der Waals surface area contributed by atoms with Crippen LogP contribution in [-0.4, -0.2) is 25.9 Å². The summed E-state index contributed by atoms with van der Waals surface area (Å²) in [6, 6.07) is 9.82. The van der Waals surface area contributed by atoms with Gasteiger partial charge in [0.2, 0.25) is 0 Å². The Bertz CT molecular complexity index is 1160. The SMILES string of the molecule is CCCCCCCCCCCCCCCCc1cccc(S(=O)(=O)O)c1Oc1ccccc1S(=O)(=O)O. The maximum atomic E-state index is 12.0. The Balaban J connectivity index is 1.86. The first-order valence-electron chi connectivity index (χ1n) is 13.5. The minimum absolute atomic E-state index is 0.129. The summed E-state index contributed by atoms with van der Waals surface area (Å²) in [5.74, 6) is -0.348. The lowest BCUT2D eigenvalue weighted by atomic mass is 10.0. The summed E-state index contributed by atoms with van der Waals surface area (Å²) in [4.78, 5) is -0.928. The van der Waals surface area contributed by atoms with E-state index in [1.54, 1.807) is 6.07 Å². The Hall–Kier alpha value is -1.94. The average Bonchev–Trinajstić information content (AvgIpc) is 2.84. The van der Waals surface area contributed by atoms with Crippen molar-refractivity contribution in [3.8, 4) is 11.5 Å². The summed E-state index contributed by atoms with van der Waals surface area (Å²) in [6.07, 6.45) is 17.7. The molecular formula is C28H42O7S2. The fourth-order valence-corrected chi connectivity index (χ4v) is 5.72. The van der Waals surface area contributed by atoms with Gasteiger partial charge >= 0.3 is 0 Å². The summed E-state index contributed by atoms with van der Waals surface area (Å²) in [7, 11) is -9.21. The van der Waals surface area contributed by atoms with Crippen LogP contribution in [0.25, 0.3) is 0 Å². The molecule has 0 unspecified atom stereocenters. The quantitative estimate of drug-likeness (QED) is 0.133. The molecule has 9 heteroatoms. The number of aryl methyl sites for hydroxylation is 1. The van der Waals surface area contributed by atoms with E-state index < -0.39 is 30.0 Å². The summed E-state index contributed by atoms with van der Waals surface area (Å²) in [5, 5.41) is 0. The molecule has 0 saturated carbocycles. The van der Waals surface area contributed by atoms with E-state index in [1.807, 2.05) is 0 Å². The van der Waals surface area contributed by atoms with Crippen molar-refractivity contribution in [1.29, 1.82) is 0 Å². The van der Waals surface area contributed by atoms with Gasteiger partial charge in [-0.3, -0.25) is 9.11 Å². The Morgan fingerprint density at radius 1 is 0.595 bits per heavy atom. The average molecular weight is 555 g/mol. The molecular weight excluding hydrogens is 512 g/mol. The van der Waals surface area contributed by atoms with E-state index in [1.165, 1.54) is 94.5 Å². The summed E-state index contributed by atoms with van der Waals surface area (Å²) in [6.45, 7) is 2.24. The zero-order valence-electron chi connectivity index (χ0n) is 21.9. The molecule has 2 N–H and O–H groups in total. The van der Waals surface area contributed by atoms with E-state index in [2.05, 4.69) is 6.92 Å². The van der Waals surface area contributed by atoms with E-state index in [9.17, 15) is 25.9 Å². The highest BCUT2D eigenvalue weighted by atomic mass is 32.2. The molecule has 0 amide bonds. The van der Waals surface area contributed by atoms with E-state index in [-0.39, 0.29) is 11.5 Å². The van der Waals surface area contributed by atoms with Crippen LogP contribution in [0.5, 0.6) is 11.5 Å². The molecule has 208 valence electrons. The van der Waals surface area contributed by atoms with Crippen LogP contribution in [0.4, 0.5) is 0 Å². The van der Waals surface area contributed by atoms with Crippen molar-refractivity contribution >= 4 is 20.2 Å². The van der Waals surface area contributed by atoms with Crippen molar-refractivity contribution in [3.05, 3.63) is 48.0 Å². The summed E-state index contributed by atoms with van der Waals surface area (Å²) >= 11 is 0. The molecule has 0 aromatic heterocycles. The van der Waals surface area contributed by atoms with E-state index in [0.717, 1.165) is 31.7 Å². The molecule has 0 atom stereocenters. The monoisotopic (exact) mass is 554 g/mol. The van der Waals surface area contributed by atoms with Gasteiger partial charge < -0.3 is 4.74 Å². The topological polar surface area (TPSA) is 118 Å². The first-order chi connectivity index (χ1) is 17.6. The zero-order valence-corrected chi connectivity index (χ0v) is 23.5. The van der Waals surface area contributed by atoms with Gasteiger partial charge in [0.05, 0.1) is 0 Å². The minimum atomic E-state index is -4.62. The number of hydrogen-bond donors (Lipinski definition) is 2. The second kappa shape index (κ2) is 16.1. The molecule has 2 aromatic rings. The second-order valence-electron chi connectivity index (χ2n) is 9.59. The largest absolute Gasteiger partial charge is 0.454 e. The molecule has 7 nitrogen and oxygen atoms in total. The molecule has 0 spiro atoms. The molecule has 0 aliphatic carbocycles.